The van der Waals surface area contributed by atoms with Crippen LogP contribution in [0.5, 0.6) is 0 Å². The Kier molecular flexibility index (Phi) is 4.90. The summed E-state index contributed by atoms with van der Waals surface area (Å²) in [6.45, 7) is 5.37. The Morgan fingerprint density at radius 1 is 1.73 bits per heavy atom. The van der Waals surface area contributed by atoms with Gasteiger partial charge in [-0.2, -0.15) is 0 Å². The van der Waals surface area contributed by atoms with Crippen LogP contribution in [-0.4, -0.2) is 19.6 Å². The SMILES string of the molecule is C=CCOC(=O)C(C)=CNC. The van der Waals surface area contributed by atoms with Crippen molar-refractivity contribution in [3.8, 4) is 0 Å². The van der Waals surface area contributed by atoms with Crippen LogP contribution in [0.15, 0.2) is 24.4 Å². The van der Waals surface area contributed by atoms with Gasteiger partial charge in [-0.15, -0.1) is 0 Å². The minimum atomic E-state index is -0.320. The summed E-state index contributed by atoms with van der Waals surface area (Å²) in [5.74, 6) is -0.320. The molecule has 0 atom stereocenters. The molecule has 1 N–H and O–H groups in total. The van der Waals surface area contributed by atoms with Gasteiger partial charge in [0.1, 0.15) is 6.61 Å². The lowest BCUT2D eigenvalue weighted by molar-refractivity contribution is -0.137. The highest BCUT2D eigenvalue weighted by molar-refractivity contribution is 5.87. The first-order valence-corrected chi connectivity index (χ1v) is 3.34. The number of rotatable bonds is 4. The molecule has 0 radical (unpaired) electrons. The maximum Gasteiger partial charge on any atom is 0.335 e. The van der Waals surface area contributed by atoms with Gasteiger partial charge >= 0.3 is 5.97 Å². The lowest BCUT2D eigenvalue weighted by Crippen LogP contribution is -2.08. The number of carbonyl (C=O) groups is 1. The minimum Gasteiger partial charge on any atom is -0.458 e. The molecule has 0 aromatic rings. The van der Waals surface area contributed by atoms with E-state index in [0.717, 1.165) is 0 Å². The van der Waals surface area contributed by atoms with E-state index in [4.69, 9.17) is 4.74 Å². The zero-order valence-corrected chi connectivity index (χ0v) is 6.89. The number of ether oxygens (including phenoxy) is 1. The number of nitrogens with one attached hydrogen (secondary N) is 1. The molecule has 0 aliphatic heterocycles. The summed E-state index contributed by atoms with van der Waals surface area (Å²) in [5, 5.41) is 2.74. The van der Waals surface area contributed by atoms with Gasteiger partial charge in [0.25, 0.3) is 0 Å². The van der Waals surface area contributed by atoms with Crippen LogP contribution in [0.2, 0.25) is 0 Å². The second-order valence-electron chi connectivity index (χ2n) is 2.00. The molecule has 0 aliphatic carbocycles. The van der Waals surface area contributed by atoms with Gasteiger partial charge in [-0.3, -0.25) is 0 Å². The molecule has 0 rings (SSSR count). The first-order valence-electron chi connectivity index (χ1n) is 3.34. The zero-order valence-electron chi connectivity index (χ0n) is 6.89. The van der Waals surface area contributed by atoms with Gasteiger partial charge in [-0.25, -0.2) is 4.79 Å². The predicted molar refractivity (Wildman–Crippen MR) is 44.0 cm³/mol. The summed E-state index contributed by atoms with van der Waals surface area (Å²) < 4.78 is 4.74. The first-order chi connectivity index (χ1) is 5.22. The zero-order chi connectivity index (χ0) is 8.69. The van der Waals surface area contributed by atoms with Gasteiger partial charge in [0.15, 0.2) is 0 Å². The summed E-state index contributed by atoms with van der Waals surface area (Å²) >= 11 is 0. The van der Waals surface area contributed by atoms with Crippen molar-refractivity contribution in [1.82, 2.24) is 5.32 Å². The Hall–Kier alpha value is -1.25. The van der Waals surface area contributed by atoms with E-state index >= 15 is 0 Å². The molecule has 0 saturated heterocycles. The van der Waals surface area contributed by atoms with Gasteiger partial charge in [0.2, 0.25) is 0 Å². The summed E-state index contributed by atoms with van der Waals surface area (Å²) in [7, 11) is 1.73. The van der Waals surface area contributed by atoms with Crippen molar-refractivity contribution in [3.63, 3.8) is 0 Å². The van der Waals surface area contributed by atoms with Crippen molar-refractivity contribution in [2.24, 2.45) is 0 Å². The van der Waals surface area contributed by atoms with Gasteiger partial charge in [-0.1, -0.05) is 12.7 Å². The third kappa shape index (κ3) is 4.19. The summed E-state index contributed by atoms with van der Waals surface area (Å²) in [4.78, 5) is 10.9. The molecule has 0 aromatic carbocycles. The van der Waals surface area contributed by atoms with Crippen LogP contribution < -0.4 is 5.32 Å². The van der Waals surface area contributed by atoms with Gasteiger partial charge in [-0.05, 0) is 6.92 Å². The van der Waals surface area contributed by atoms with Gasteiger partial charge in [0.05, 0.1) is 0 Å². The van der Waals surface area contributed by atoms with Crippen molar-refractivity contribution in [2.45, 2.75) is 6.92 Å². The van der Waals surface area contributed by atoms with Crippen molar-refractivity contribution in [2.75, 3.05) is 13.7 Å². The predicted octanol–water partition coefficient (Wildman–Crippen LogP) is 0.839. The molecule has 0 aliphatic rings. The Morgan fingerprint density at radius 2 is 2.36 bits per heavy atom. The number of hydrogen-bond donors (Lipinski definition) is 1. The molecule has 3 nitrogen and oxygen atoms in total. The molecule has 3 heteroatoms. The largest absolute Gasteiger partial charge is 0.458 e. The topological polar surface area (TPSA) is 38.3 Å². The molecule has 0 fully saturated rings. The van der Waals surface area contributed by atoms with Crippen LogP contribution in [-0.2, 0) is 9.53 Å². The van der Waals surface area contributed by atoms with Crippen molar-refractivity contribution >= 4 is 5.97 Å². The molecule has 0 saturated carbocycles. The second-order valence-corrected chi connectivity index (χ2v) is 2.00. The molecule has 0 bridgehead atoms. The van der Waals surface area contributed by atoms with Crippen molar-refractivity contribution in [1.29, 1.82) is 0 Å². The number of hydrogen-bond acceptors (Lipinski definition) is 3. The molecule has 0 amide bonds. The summed E-state index contributed by atoms with van der Waals surface area (Å²) in [5.41, 5.74) is 0.550. The molecular weight excluding hydrogens is 142 g/mol. The molecule has 0 aromatic heterocycles. The molecule has 0 unspecified atom stereocenters. The molecule has 11 heavy (non-hydrogen) atoms. The Labute approximate surface area is 66.7 Å². The maximum atomic E-state index is 10.9. The number of carbonyl (C=O) groups excluding carboxylic acids is 1. The number of esters is 1. The Balaban J connectivity index is 3.82. The fourth-order valence-electron chi connectivity index (χ4n) is 0.524. The van der Waals surface area contributed by atoms with E-state index < -0.39 is 0 Å². The fraction of sp³-hybridized carbons (Fsp3) is 0.375. The van der Waals surface area contributed by atoms with Crippen LogP contribution in [0.1, 0.15) is 6.92 Å². The van der Waals surface area contributed by atoms with E-state index in [1.54, 1.807) is 20.2 Å². The Bertz CT molecular complexity index is 173. The van der Waals surface area contributed by atoms with Crippen LogP contribution in [0, 0.1) is 0 Å². The standard InChI is InChI=1S/C8H13NO2/c1-4-5-11-8(10)7(2)6-9-3/h4,6,9H,1,5H2,2-3H3. The Morgan fingerprint density at radius 3 is 2.82 bits per heavy atom. The van der Waals surface area contributed by atoms with Crippen molar-refractivity contribution in [3.05, 3.63) is 24.4 Å². The highest BCUT2D eigenvalue weighted by Gasteiger charge is 2.02. The normalized spacial score (nSPS) is 10.5. The quantitative estimate of drug-likeness (QED) is 0.371. The fourth-order valence-corrected chi connectivity index (χ4v) is 0.524. The highest BCUT2D eigenvalue weighted by Crippen LogP contribution is 1.93. The van der Waals surface area contributed by atoms with E-state index in [9.17, 15) is 4.79 Å². The third-order valence-corrected chi connectivity index (χ3v) is 1.02. The van der Waals surface area contributed by atoms with E-state index in [1.165, 1.54) is 6.08 Å². The highest BCUT2D eigenvalue weighted by atomic mass is 16.5. The lowest BCUT2D eigenvalue weighted by atomic mass is 10.3. The van der Waals surface area contributed by atoms with Crippen molar-refractivity contribution < 1.29 is 9.53 Å². The van der Waals surface area contributed by atoms with E-state index in [-0.39, 0.29) is 12.6 Å². The summed E-state index contributed by atoms with van der Waals surface area (Å²) in [6, 6.07) is 0. The second kappa shape index (κ2) is 5.53. The van der Waals surface area contributed by atoms with Crippen LogP contribution in [0.3, 0.4) is 0 Å². The van der Waals surface area contributed by atoms with Crippen LogP contribution in [0.4, 0.5) is 0 Å². The van der Waals surface area contributed by atoms with Gasteiger partial charge < -0.3 is 10.1 Å². The average molecular weight is 155 g/mol. The average Bonchev–Trinajstić information content (AvgIpc) is 2.00. The lowest BCUT2D eigenvalue weighted by Gasteiger charge is -2.00. The van der Waals surface area contributed by atoms with Crippen LogP contribution in [0.25, 0.3) is 0 Å². The van der Waals surface area contributed by atoms with E-state index in [1.807, 2.05) is 0 Å². The minimum absolute atomic E-state index is 0.258. The van der Waals surface area contributed by atoms with Crippen LogP contribution >= 0.6 is 0 Å². The first kappa shape index (κ1) is 9.75. The third-order valence-electron chi connectivity index (χ3n) is 1.02. The van der Waals surface area contributed by atoms with E-state index in [0.29, 0.717) is 5.57 Å². The molecular formula is C8H13NO2. The molecule has 0 spiro atoms. The smallest absolute Gasteiger partial charge is 0.335 e. The van der Waals surface area contributed by atoms with E-state index in [2.05, 4.69) is 11.9 Å². The van der Waals surface area contributed by atoms with Gasteiger partial charge in [0, 0.05) is 18.8 Å². The monoisotopic (exact) mass is 155 g/mol. The maximum absolute atomic E-state index is 10.9. The summed E-state index contributed by atoms with van der Waals surface area (Å²) in [6.07, 6.45) is 3.12. The molecule has 0 heterocycles. The molecule has 62 valence electrons.